The smallest absolute Gasteiger partial charge is 0.270 e. The highest BCUT2D eigenvalue weighted by atomic mass is 16.5. The quantitative estimate of drug-likeness (QED) is 0.495. The average molecular weight is 373 g/mol. The van der Waals surface area contributed by atoms with Crippen molar-refractivity contribution >= 4 is 11.7 Å². The number of fused-ring (bicyclic) bond motifs is 1. The van der Waals surface area contributed by atoms with Crippen LogP contribution in [0.3, 0.4) is 0 Å². The van der Waals surface area contributed by atoms with Crippen molar-refractivity contribution in [2.24, 2.45) is 0 Å². The molecule has 0 bridgehead atoms. The minimum Gasteiger partial charge on any atom is -0.390 e. The van der Waals surface area contributed by atoms with Crippen molar-refractivity contribution in [2.45, 2.75) is 25.1 Å². The van der Waals surface area contributed by atoms with E-state index in [4.69, 9.17) is 4.74 Å². The number of ether oxygens (including phenoxy) is 1. The molecule has 0 saturated carbocycles. The van der Waals surface area contributed by atoms with Crippen LogP contribution >= 0.6 is 0 Å². The summed E-state index contributed by atoms with van der Waals surface area (Å²) in [6.07, 6.45) is 3.40. The number of β-amino-alcohol motifs (C(OH)–C–C–N with tert-alkyl or cyclic N) is 1. The molecule has 0 aromatic carbocycles. The Labute approximate surface area is 156 Å². The molecule has 0 aliphatic carbocycles. The van der Waals surface area contributed by atoms with Gasteiger partial charge in [-0.1, -0.05) is 0 Å². The first-order valence-corrected chi connectivity index (χ1v) is 9.03. The van der Waals surface area contributed by atoms with Crippen molar-refractivity contribution in [3.05, 3.63) is 35.5 Å². The van der Waals surface area contributed by atoms with Gasteiger partial charge in [-0.3, -0.25) is 14.8 Å². The van der Waals surface area contributed by atoms with Crippen molar-refractivity contribution in [3.63, 3.8) is 0 Å². The zero-order valence-corrected chi connectivity index (χ0v) is 14.9. The molecule has 4 rings (SSSR count). The van der Waals surface area contributed by atoms with E-state index in [9.17, 15) is 9.90 Å². The maximum Gasteiger partial charge on any atom is 0.270 e. The summed E-state index contributed by atoms with van der Waals surface area (Å²) in [5, 5.41) is 23.2. The lowest BCUT2D eigenvalue weighted by molar-refractivity contribution is 0.0209. The molecule has 4 heterocycles. The predicted molar refractivity (Wildman–Crippen MR) is 96.2 cm³/mol. The van der Waals surface area contributed by atoms with Gasteiger partial charge in [0.15, 0.2) is 0 Å². The molecular formula is C17H23N7O3. The van der Waals surface area contributed by atoms with E-state index >= 15 is 0 Å². The summed E-state index contributed by atoms with van der Waals surface area (Å²) in [5.41, 5.74) is 2.59. The second kappa shape index (κ2) is 7.99. The minimum atomic E-state index is -0.658. The van der Waals surface area contributed by atoms with Crippen molar-refractivity contribution in [1.82, 2.24) is 30.4 Å². The molecule has 2 aromatic heterocycles. The van der Waals surface area contributed by atoms with E-state index in [-0.39, 0.29) is 24.2 Å². The summed E-state index contributed by atoms with van der Waals surface area (Å²) in [6.45, 7) is 3.53. The number of rotatable bonds is 7. The predicted octanol–water partition coefficient (Wildman–Crippen LogP) is -0.841. The van der Waals surface area contributed by atoms with Gasteiger partial charge < -0.3 is 20.5 Å². The molecule has 144 valence electrons. The SMILES string of the molecule is O=C(NC[C@H](O)CN1CCc2[nH]ncc2C1)c1cc(NC2COC2)ncn1. The maximum atomic E-state index is 12.3. The van der Waals surface area contributed by atoms with E-state index in [1.165, 1.54) is 6.33 Å². The molecule has 0 spiro atoms. The first-order chi connectivity index (χ1) is 13.2. The standard InChI is InChI=1S/C17H23N7O3/c25-13(7-24-2-1-14-11(6-24)4-21-23-14)5-18-17(26)15-3-16(20-10-19-15)22-12-8-27-9-12/h3-4,10,12-13,25H,1-2,5-9H2,(H,18,26)(H,21,23)(H,19,20,22)/t13-/m0/s1. The van der Waals surface area contributed by atoms with E-state index < -0.39 is 6.10 Å². The number of H-pyrrole nitrogens is 1. The summed E-state index contributed by atoms with van der Waals surface area (Å²) < 4.78 is 5.10. The van der Waals surface area contributed by atoms with Crippen LogP contribution in [0.2, 0.25) is 0 Å². The van der Waals surface area contributed by atoms with Crippen molar-refractivity contribution in [3.8, 4) is 0 Å². The molecule has 2 aliphatic heterocycles. The van der Waals surface area contributed by atoms with E-state index in [0.29, 0.717) is 25.6 Å². The van der Waals surface area contributed by atoms with Gasteiger partial charge in [-0.2, -0.15) is 5.10 Å². The van der Waals surface area contributed by atoms with E-state index in [1.807, 2.05) is 6.20 Å². The normalized spacial score (nSPS) is 18.4. The highest BCUT2D eigenvalue weighted by Crippen LogP contribution is 2.16. The number of anilines is 1. The number of aliphatic hydroxyl groups excluding tert-OH is 1. The lowest BCUT2D eigenvalue weighted by Crippen LogP contribution is -2.42. The minimum absolute atomic E-state index is 0.163. The number of carbonyl (C=O) groups excluding carboxylic acids is 1. The molecule has 2 aromatic rings. The molecular weight excluding hydrogens is 350 g/mol. The third kappa shape index (κ3) is 4.41. The van der Waals surface area contributed by atoms with E-state index in [1.54, 1.807) is 6.07 Å². The Hall–Kier alpha value is -2.56. The molecule has 10 nitrogen and oxygen atoms in total. The molecule has 1 fully saturated rings. The summed E-state index contributed by atoms with van der Waals surface area (Å²) in [6, 6.07) is 1.82. The Bertz CT molecular complexity index is 792. The van der Waals surface area contributed by atoms with Crippen molar-refractivity contribution in [2.75, 3.05) is 38.2 Å². The zero-order valence-electron chi connectivity index (χ0n) is 14.9. The van der Waals surface area contributed by atoms with Gasteiger partial charge in [0.1, 0.15) is 17.8 Å². The van der Waals surface area contributed by atoms with Crippen molar-refractivity contribution < 1.29 is 14.6 Å². The van der Waals surface area contributed by atoms with Gasteiger partial charge in [0.05, 0.1) is 31.6 Å². The first-order valence-electron chi connectivity index (χ1n) is 9.03. The largest absolute Gasteiger partial charge is 0.390 e. The molecule has 2 aliphatic rings. The molecule has 0 unspecified atom stereocenters. The summed E-state index contributed by atoms with van der Waals surface area (Å²) in [4.78, 5) is 22.6. The van der Waals surface area contributed by atoms with Gasteiger partial charge in [-0.05, 0) is 0 Å². The number of nitrogens with one attached hydrogen (secondary N) is 3. The fourth-order valence-electron chi connectivity index (χ4n) is 3.19. The topological polar surface area (TPSA) is 128 Å². The Kier molecular flexibility index (Phi) is 5.28. The van der Waals surface area contributed by atoms with Crippen LogP contribution in [0.1, 0.15) is 21.7 Å². The summed E-state index contributed by atoms with van der Waals surface area (Å²) in [5.74, 6) is 0.258. The summed E-state index contributed by atoms with van der Waals surface area (Å²) in [7, 11) is 0. The van der Waals surface area contributed by atoms with Crippen LogP contribution in [0.4, 0.5) is 5.82 Å². The Morgan fingerprint density at radius 1 is 1.44 bits per heavy atom. The van der Waals surface area contributed by atoms with Crippen LogP contribution < -0.4 is 10.6 Å². The Morgan fingerprint density at radius 2 is 2.33 bits per heavy atom. The Balaban J connectivity index is 1.24. The third-order valence-electron chi connectivity index (χ3n) is 4.74. The molecule has 27 heavy (non-hydrogen) atoms. The van der Waals surface area contributed by atoms with Crippen LogP contribution in [0.5, 0.6) is 0 Å². The lowest BCUT2D eigenvalue weighted by Gasteiger charge is -2.28. The molecule has 0 radical (unpaired) electrons. The van der Waals surface area contributed by atoms with Gasteiger partial charge in [-0.25, -0.2) is 9.97 Å². The molecule has 1 amide bonds. The number of hydrogen-bond donors (Lipinski definition) is 4. The number of amides is 1. The lowest BCUT2D eigenvalue weighted by atomic mass is 10.1. The zero-order chi connectivity index (χ0) is 18.6. The van der Waals surface area contributed by atoms with Crippen LogP contribution in [0.25, 0.3) is 0 Å². The monoisotopic (exact) mass is 373 g/mol. The maximum absolute atomic E-state index is 12.3. The van der Waals surface area contributed by atoms with E-state index in [0.717, 1.165) is 30.8 Å². The Morgan fingerprint density at radius 3 is 3.15 bits per heavy atom. The van der Waals surface area contributed by atoms with Gasteiger partial charge in [0.25, 0.3) is 5.91 Å². The van der Waals surface area contributed by atoms with Gasteiger partial charge in [-0.15, -0.1) is 0 Å². The van der Waals surface area contributed by atoms with Gasteiger partial charge in [0, 0.05) is 49.9 Å². The van der Waals surface area contributed by atoms with Crippen LogP contribution in [0.15, 0.2) is 18.6 Å². The fraction of sp³-hybridized carbons (Fsp3) is 0.529. The number of aliphatic hydroxyl groups is 1. The van der Waals surface area contributed by atoms with Crippen LogP contribution in [0, 0.1) is 0 Å². The number of hydrogen-bond acceptors (Lipinski definition) is 8. The summed E-state index contributed by atoms with van der Waals surface area (Å²) >= 11 is 0. The molecule has 10 heteroatoms. The number of aromatic nitrogens is 4. The molecule has 1 saturated heterocycles. The highest BCUT2D eigenvalue weighted by Gasteiger charge is 2.21. The number of nitrogens with zero attached hydrogens (tertiary/aromatic N) is 4. The second-order valence-electron chi connectivity index (χ2n) is 6.89. The number of aromatic amines is 1. The van der Waals surface area contributed by atoms with E-state index in [2.05, 4.69) is 35.7 Å². The number of carbonyl (C=O) groups is 1. The van der Waals surface area contributed by atoms with Gasteiger partial charge >= 0.3 is 0 Å². The third-order valence-corrected chi connectivity index (χ3v) is 4.74. The molecule has 4 N–H and O–H groups in total. The van der Waals surface area contributed by atoms with Gasteiger partial charge in [0.2, 0.25) is 0 Å². The average Bonchev–Trinajstić information content (AvgIpc) is 3.11. The van der Waals surface area contributed by atoms with Crippen LogP contribution in [-0.4, -0.2) is 81.1 Å². The van der Waals surface area contributed by atoms with Crippen molar-refractivity contribution in [1.29, 1.82) is 0 Å². The first kappa shape index (κ1) is 17.8. The second-order valence-corrected chi connectivity index (χ2v) is 6.89. The highest BCUT2D eigenvalue weighted by molar-refractivity contribution is 5.92. The fourth-order valence-corrected chi connectivity index (χ4v) is 3.19. The molecule has 1 atom stereocenters. The van der Waals surface area contributed by atoms with Crippen LogP contribution in [-0.2, 0) is 17.7 Å².